The number of ether oxygens (including phenoxy) is 2. The lowest BCUT2D eigenvalue weighted by molar-refractivity contribution is -0.385. The van der Waals surface area contributed by atoms with E-state index in [2.05, 4.69) is 15.3 Å². The first-order valence-electron chi connectivity index (χ1n) is 10.00. The van der Waals surface area contributed by atoms with Gasteiger partial charge >= 0.3 is 18.1 Å². The van der Waals surface area contributed by atoms with Crippen molar-refractivity contribution in [2.75, 3.05) is 18.5 Å². The summed E-state index contributed by atoms with van der Waals surface area (Å²) < 4.78 is 50.7. The molecule has 1 atom stereocenters. The number of aromatic nitrogens is 2. The number of nitro groups is 1. The molecule has 1 fully saturated rings. The molecular weight excluding hydrogens is 481 g/mol. The number of non-ortho nitro benzene ring substituents is 1. The molecule has 1 saturated heterocycles. The number of aryl methyl sites for hydroxylation is 1. The Labute approximate surface area is 194 Å². The van der Waals surface area contributed by atoms with Gasteiger partial charge in [-0.15, -0.1) is 0 Å². The summed E-state index contributed by atoms with van der Waals surface area (Å²) in [6, 6.07) is 1.03. The number of carboxylic acid groups (broad SMARTS) is 2. The molecule has 1 aliphatic heterocycles. The van der Waals surface area contributed by atoms with Crippen LogP contribution < -0.4 is 5.32 Å². The van der Waals surface area contributed by atoms with Crippen molar-refractivity contribution in [1.29, 1.82) is 0 Å². The zero-order valence-electron chi connectivity index (χ0n) is 18.2. The number of rotatable bonds is 8. The SMILES string of the molecule is Cc1nc(N[C@H](C)c2cc([N+](=O)[O-])cc(C(F)(F)F)c2)c(C2OCCO2)c(C(C(=O)O)C(=O)O)n1. The molecular formula is C20H19F3N4O8. The molecule has 1 aromatic heterocycles. The number of hydrogen-bond acceptors (Lipinski definition) is 9. The highest BCUT2D eigenvalue weighted by atomic mass is 19.4. The molecule has 1 aromatic carbocycles. The molecule has 0 spiro atoms. The molecule has 0 aliphatic carbocycles. The third kappa shape index (κ3) is 5.63. The van der Waals surface area contributed by atoms with Gasteiger partial charge in [0, 0.05) is 12.1 Å². The first-order valence-corrected chi connectivity index (χ1v) is 10.00. The van der Waals surface area contributed by atoms with E-state index in [1.54, 1.807) is 0 Å². The van der Waals surface area contributed by atoms with Crippen LogP contribution in [0, 0.1) is 17.0 Å². The zero-order chi connectivity index (χ0) is 26.1. The van der Waals surface area contributed by atoms with Gasteiger partial charge in [0.2, 0.25) is 0 Å². The van der Waals surface area contributed by atoms with Gasteiger partial charge in [-0.3, -0.25) is 19.7 Å². The minimum atomic E-state index is -4.86. The first-order chi connectivity index (χ1) is 16.3. The van der Waals surface area contributed by atoms with Crippen molar-refractivity contribution in [3.63, 3.8) is 0 Å². The van der Waals surface area contributed by atoms with Gasteiger partial charge in [-0.1, -0.05) is 0 Å². The lowest BCUT2D eigenvalue weighted by Gasteiger charge is -2.23. The molecule has 2 heterocycles. The number of hydrogen-bond donors (Lipinski definition) is 3. The number of nitro benzene ring substituents is 1. The monoisotopic (exact) mass is 500 g/mol. The summed E-state index contributed by atoms with van der Waals surface area (Å²) >= 11 is 0. The Morgan fingerprint density at radius 2 is 1.77 bits per heavy atom. The number of nitrogens with one attached hydrogen (secondary N) is 1. The van der Waals surface area contributed by atoms with Gasteiger partial charge in [0.15, 0.2) is 12.2 Å². The number of halogens is 3. The molecule has 0 radical (unpaired) electrons. The van der Waals surface area contributed by atoms with E-state index in [1.807, 2.05) is 0 Å². The number of carbonyl (C=O) groups is 2. The van der Waals surface area contributed by atoms with Crippen molar-refractivity contribution in [1.82, 2.24) is 9.97 Å². The summed E-state index contributed by atoms with van der Waals surface area (Å²) in [4.78, 5) is 41.7. The van der Waals surface area contributed by atoms with Crippen molar-refractivity contribution < 1.29 is 47.4 Å². The predicted molar refractivity (Wildman–Crippen MR) is 110 cm³/mol. The molecule has 12 nitrogen and oxygen atoms in total. The third-order valence-electron chi connectivity index (χ3n) is 5.04. The van der Waals surface area contributed by atoms with Crippen molar-refractivity contribution in [2.24, 2.45) is 0 Å². The van der Waals surface area contributed by atoms with Crippen LogP contribution in [0.2, 0.25) is 0 Å². The molecule has 0 unspecified atom stereocenters. The van der Waals surface area contributed by atoms with E-state index in [1.165, 1.54) is 13.8 Å². The van der Waals surface area contributed by atoms with E-state index < -0.39 is 58.2 Å². The van der Waals surface area contributed by atoms with E-state index in [4.69, 9.17) is 9.47 Å². The maximum absolute atomic E-state index is 13.3. The highest BCUT2D eigenvalue weighted by molar-refractivity contribution is 5.99. The number of aliphatic carboxylic acids is 2. The molecule has 0 bridgehead atoms. The fraction of sp³-hybridized carbons (Fsp3) is 0.400. The van der Waals surface area contributed by atoms with E-state index in [0.717, 1.165) is 12.1 Å². The Balaban J connectivity index is 2.14. The summed E-state index contributed by atoms with van der Waals surface area (Å²) in [6.07, 6.45) is -6.11. The Morgan fingerprint density at radius 3 is 2.29 bits per heavy atom. The van der Waals surface area contributed by atoms with Crippen LogP contribution in [0.15, 0.2) is 18.2 Å². The Bertz CT molecular complexity index is 1150. The Morgan fingerprint density at radius 1 is 1.17 bits per heavy atom. The maximum Gasteiger partial charge on any atom is 0.416 e. The van der Waals surface area contributed by atoms with Crippen LogP contribution in [0.4, 0.5) is 24.7 Å². The number of anilines is 1. The fourth-order valence-corrected chi connectivity index (χ4v) is 3.47. The van der Waals surface area contributed by atoms with Gasteiger partial charge in [0.25, 0.3) is 5.69 Å². The lowest BCUT2D eigenvalue weighted by atomic mass is 9.99. The molecule has 35 heavy (non-hydrogen) atoms. The summed E-state index contributed by atoms with van der Waals surface area (Å²) in [5.74, 6) is -5.76. The van der Waals surface area contributed by atoms with Crippen LogP contribution in [0.3, 0.4) is 0 Å². The second-order valence-corrected chi connectivity index (χ2v) is 7.54. The molecule has 0 saturated carbocycles. The van der Waals surface area contributed by atoms with Crippen LogP contribution >= 0.6 is 0 Å². The summed E-state index contributed by atoms with van der Waals surface area (Å²) in [5.41, 5.74) is -2.75. The van der Waals surface area contributed by atoms with Gasteiger partial charge in [-0.25, -0.2) is 9.97 Å². The number of benzene rings is 1. The van der Waals surface area contributed by atoms with Crippen LogP contribution in [0.25, 0.3) is 0 Å². The first kappa shape index (κ1) is 25.8. The summed E-state index contributed by atoms with van der Waals surface area (Å²) in [5, 5.41) is 32.9. The normalized spacial score (nSPS) is 15.3. The largest absolute Gasteiger partial charge is 0.480 e. The van der Waals surface area contributed by atoms with Crippen LogP contribution in [0.5, 0.6) is 0 Å². The van der Waals surface area contributed by atoms with Crippen molar-refractivity contribution in [3.8, 4) is 0 Å². The molecule has 2 aromatic rings. The van der Waals surface area contributed by atoms with Gasteiger partial charge in [0.05, 0.1) is 41.0 Å². The van der Waals surface area contributed by atoms with Crippen LogP contribution in [0.1, 0.15) is 53.4 Å². The van der Waals surface area contributed by atoms with Crippen molar-refractivity contribution in [3.05, 3.63) is 56.5 Å². The standard InChI is InChI=1S/C20H19F3N4O8/c1-8(10-5-11(20(21,22)23)7-12(6-10)27(32)33)24-16-13(19-34-3-4-35-19)15(25-9(2)26-16)14(17(28)29)18(30)31/h5-8,14,19H,3-4H2,1-2H3,(H,28,29)(H,30,31)(H,24,25,26)/t8-/m1/s1. The quantitative estimate of drug-likeness (QED) is 0.276. The topological polar surface area (TPSA) is 174 Å². The average Bonchev–Trinajstić information content (AvgIpc) is 3.26. The smallest absolute Gasteiger partial charge is 0.416 e. The average molecular weight is 500 g/mol. The number of nitrogens with zero attached hydrogens (tertiary/aromatic N) is 3. The van der Waals surface area contributed by atoms with Crippen molar-refractivity contribution in [2.45, 2.75) is 38.3 Å². The summed E-state index contributed by atoms with van der Waals surface area (Å²) in [6.45, 7) is 2.94. The molecule has 1 aliphatic rings. The van der Waals surface area contributed by atoms with E-state index in [-0.39, 0.29) is 36.0 Å². The second-order valence-electron chi connectivity index (χ2n) is 7.54. The van der Waals surface area contributed by atoms with Gasteiger partial charge in [-0.2, -0.15) is 13.2 Å². The van der Waals surface area contributed by atoms with Crippen molar-refractivity contribution >= 4 is 23.4 Å². The molecule has 188 valence electrons. The van der Waals surface area contributed by atoms with E-state index in [0.29, 0.717) is 6.07 Å². The van der Waals surface area contributed by atoms with Gasteiger partial charge in [-0.05, 0) is 25.5 Å². The highest BCUT2D eigenvalue weighted by Crippen LogP contribution is 2.38. The summed E-state index contributed by atoms with van der Waals surface area (Å²) in [7, 11) is 0. The Hall–Kier alpha value is -3.85. The molecule has 3 N–H and O–H groups in total. The van der Waals surface area contributed by atoms with Gasteiger partial charge < -0.3 is 25.0 Å². The number of carboxylic acids is 2. The number of alkyl halides is 3. The molecule has 15 heteroatoms. The highest BCUT2D eigenvalue weighted by Gasteiger charge is 2.38. The second kappa shape index (κ2) is 9.79. The van der Waals surface area contributed by atoms with E-state index >= 15 is 0 Å². The van der Waals surface area contributed by atoms with E-state index in [9.17, 15) is 43.1 Å². The molecule has 3 rings (SSSR count). The minimum absolute atomic E-state index is 0.0426. The Kier molecular flexibility index (Phi) is 7.21. The lowest BCUT2D eigenvalue weighted by Crippen LogP contribution is -2.26. The fourth-order valence-electron chi connectivity index (χ4n) is 3.47. The zero-order valence-corrected chi connectivity index (χ0v) is 18.2. The predicted octanol–water partition coefficient (Wildman–Crippen LogP) is 3.18. The van der Waals surface area contributed by atoms with Crippen LogP contribution in [-0.2, 0) is 25.2 Å². The maximum atomic E-state index is 13.3. The van der Waals surface area contributed by atoms with Gasteiger partial charge in [0.1, 0.15) is 11.6 Å². The van der Waals surface area contributed by atoms with Crippen LogP contribution in [-0.4, -0.2) is 50.3 Å². The third-order valence-corrected chi connectivity index (χ3v) is 5.04. The minimum Gasteiger partial charge on any atom is -0.480 e. The molecule has 0 amide bonds.